The maximum Gasteiger partial charge on any atom is 0.353 e. The number of carbonyl (C=O) groups is 5. The number of likely N-dealkylation sites (tertiary alicyclic amines) is 1. The van der Waals surface area contributed by atoms with Crippen molar-refractivity contribution in [2.45, 2.75) is 62.5 Å². The van der Waals surface area contributed by atoms with Gasteiger partial charge in [-0.3, -0.25) is 19.2 Å². The van der Waals surface area contributed by atoms with Crippen molar-refractivity contribution in [1.29, 1.82) is 0 Å². The smallest absolute Gasteiger partial charge is 0.353 e. The van der Waals surface area contributed by atoms with Gasteiger partial charge in [-0.15, -0.1) is 11.8 Å². The lowest BCUT2D eigenvalue weighted by molar-refractivity contribution is -0.159. The highest BCUT2D eigenvalue weighted by atomic mass is 32.2. The molecule has 3 saturated heterocycles. The van der Waals surface area contributed by atoms with Crippen LogP contribution < -0.4 is 21.7 Å². The van der Waals surface area contributed by atoms with Crippen LogP contribution in [0.5, 0.6) is 0 Å². The highest BCUT2D eigenvalue weighted by Gasteiger charge is 2.60. The lowest BCUT2D eigenvalue weighted by Gasteiger charge is -2.47. The first-order valence-electron chi connectivity index (χ1n) is 12.5. The van der Waals surface area contributed by atoms with Crippen molar-refractivity contribution >= 4 is 41.4 Å². The molecule has 7 atom stereocenters. The van der Waals surface area contributed by atoms with Crippen LogP contribution in [0, 0.1) is 11.8 Å². The Morgan fingerprint density at radius 1 is 1.29 bits per heavy atom. The molecule has 0 bridgehead atoms. The molecule has 38 heavy (non-hydrogen) atoms. The van der Waals surface area contributed by atoms with Gasteiger partial charge in [0.2, 0.25) is 17.7 Å². The fourth-order valence-electron chi connectivity index (χ4n) is 5.82. The summed E-state index contributed by atoms with van der Waals surface area (Å²) in [4.78, 5) is 64.4. The second-order valence-electron chi connectivity index (χ2n) is 10.1. The van der Waals surface area contributed by atoms with Crippen molar-refractivity contribution in [1.82, 2.24) is 25.8 Å². The van der Waals surface area contributed by atoms with Gasteiger partial charge in [0.15, 0.2) is 0 Å². The van der Waals surface area contributed by atoms with Crippen molar-refractivity contribution in [2.24, 2.45) is 17.6 Å². The Bertz CT molecular complexity index is 1060. The molecule has 0 aromatic heterocycles. The van der Waals surface area contributed by atoms with Crippen molar-refractivity contribution in [2.75, 3.05) is 26.2 Å². The van der Waals surface area contributed by atoms with E-state index in [4.69, 9.17) is 5.73 Å². The predicted molar refractivity (Wildman–Crippen MR) is 132 cm³/mol. The number of fused-ring (bicyclic) bond motifs is 1. The van der Waals surface area contributed by atoms with Gasteiger partial charge in [0.25, 0.3) is 5.91 Å². The van der Waals surface area contributed by atoms with E-state index in [0.29, 0.717) is 37.4 Å². The van der Waals surface area contributed by atoms with Gasteiger partial charge in [0.1, 0.15) is 5.70 Å². The Hall–Kier alpha value is -2.78. The molecule has 0 aromatic carbocycles. The van der Waals surface area contributed by atoms with Gasteiger partial charge in [0, 0.05) is 47.8 Å². The van der Waals surface area contributed by atoms with E-state index in [1.807, 2.05) is 0 Å². The van der Waals surface area contributed by atoms with E-state index in [1.54, 1.807) is 11.8 Å². The first-order chi connectivity index (χ1) is 17.9. The molecule has 6 N–H and O–H groups in total. The number of nitrogens with two attached hydrogens (primary N) is 1. The zero-order valence-corrected chi connectivity index (χ0v) is 21.8. The molecule has 4 amide bonds. The molecule has 4 rings (SSSR count). The fraction of sp³-hybridized carbons (Fsp3) is 0.696. The number of nitrogens with one attached hydrogen (secondary N) is 3. The lowest BCUT2D eigenvalue weighted by Crippen LogP contribution is -2.66. The molecule has 12 nitrogen and oxygen atoms in total. The highest BCUT2D eigenvalue weighted by Crippen LogP contribution is 2.51. The minimum absolute atomic E-state index is 0.0906. The van der Waals surface area contributed by atoms with Crippen LogP contribution in [-0.2, 0) is 24.0 Å². The third-order valence-electron chi connectivity index (χ3n) is 7.63. The summed E-state index contributed by atoms with van der Waals surface area (Å²) in [6.45, 7) is 4.48. The minimum atomic E-state index is -3.22. The van der Waals surface area contributed by atoms with E-state index in [1.165, 1.54) is 23.6 Å². The van der Waals surface area contributed by atoms with E-state index in [0.717, 1.165) is 0 Å². The number of carboxylic acid groups (broad SMARTS) is 1. The lowest BCUT2D eigenvalue weighted by atomic mass is 9.78. The summed E-state index contributed by atoms with van der Waals surface area (Å²) < 4.78 is 25.4. The third-order valence-corrected chi connectivity index (χ3v) is 9.14. The molecule has 0 saturated carbocycles. The number of nitrogens with zero attached hydrogens (tertiary/aromatic N) is 2. The number of halogens is 2. The van der Waals surface area contributed by atoms with Gasteiger partial charge in [0.05, 0.1) is 24.5 Å². The van der Waals surface area contributed by atoms with E-state index >= 15 is 0 Å². The van der Waals surface area contributed by atoms with Crippen molar-refractivity contribution in [3.63, 3.8) is 0 Å². The Morgan fingerprint density at radius 3 is 2.63 bits per heavy atom. The predicted octanol–water partition coefficient (Wildman–Crippen LogP) is -1.33. The number of carbonyl (C=O) groups excluding carboxylic acids is 4. The van der Waals surface area contributed by atoms with Gasteiger partial charge >= 0.3 is 12.4 Å². The average Bonchev–Trinajstić information content (AvgIpc) is 3.57. The minimum Gasteiger partial charge on any atom is -0.477 e. The van der Waals surface area contributed by atoms with E-state index in [-0.39, 0.29) is 41.3 Å². The summed E-state index contributed by atoms with van der Waals surface area (Å²) in [5, 5.41) is 17.9. The van der Waals surface area contributed by atoms with Crippen LogP contribution in [0.4, 0.5) is 8.78 Å². The molecule has 0 radical (unpaired) electrons. The maximum atomic E-state index is 13.0. The van der Waals surface area contributed by atoms with Gasteiger partial charge in [-0.1, -0.05) is 6.92 Å². The largest absolute Gasteiger partial charge is 0.477 e. The van der Waals surface area contributed by atoms with Gasteiger partial charge < -0.3 is 36.6 Å². The van der Waals surface area contributed by atoms with Crippen molar-refractivity contribution in [3.8, 4) is 0 Å². The quantitative estimate of drug-likeness (QED) is 0.215. The highest BCUT2D eigenvalue weighted by molar-refractivity contribution is 8.03. The van der Waals surface area contributed by atoms with E-state index in [2.05, 4.69) is 16.0 Å². The van der Waals surface area contributed by atoms with Gasteiger partial charge in [-0.2, -0.15) is 8.78 Å². The monoisotopic (exact) mass is 558 g/mol. The summed E-state index contributed by atoms with van der Waals surface area (Å²) in [7, 11) is 0. The third kappa shape index (κ3) is 5.23. The van der Waals surface area contributed by atoms with Crippen LogP contribution in [0.1, 0.15) is 26.7 Å². The Morgan fingerprint density at radius 2 is 2.00 bits per heavy atom. The number of carboxylic acids is 1. The molecule has 0 aromatic rings. The molecule has 0 unspecified atom stereocenters. The number of thioether (sulfide) groups is 1. The number of alkyl halides is 2. The normalized spacial score (nSPS) is 31.4. The van der Waals surface area contributed by atoms with Crippen LogP contribution >= 0.6 is 11.8 Å². The Balaban J connectivity index is 1.39. The van der Waals surface area contributed by atoms with Crippen LogP contribution in [0.3, 0.4) is 0 Å². The van der Waals surface area contributed by atoms with Crippen LogP contribution in [0.25, 0.3) is 0 Å². The molecule has 15 heteroatoms. The number of aliphatic carboxylic acids is 1. The number of rotatable bonds is 9. The zero-order chi connectivity index (χ0) is 27.9. The van der Waals surface area contributed by atoms with Crippen LogP contribution in [0.15, 0.2) is 10.6 Å². The number of hydrogen-bond acceptors (Lipinski definition) is 8. The van der Waals surface area contributed by atoms with Crippen molar-refractivity contribution < 1.29 is 37.9 Å². The summed E-state index contributed by atoms with van der Waals surface area (Å²) >= 11 is 1.31. The molecular weight excluding hydrogens is 526 g/mol. The number of amides is 4. The SMILES string of the molecule is C[C@@H](NC(=O)C(F)F)[C@H]1C(=O)N2C(C(=O)O)=C(S[C@@H]3CN[C@H](C(=O)N4CC[C@@H](NC(=O)CN)C4)C3)[C@H](C)[C@H]12. The topological polar surface area (TPSA) is 174 Å². The maximum absolute atomic E-state index is 13.0. The molecule has 0 spiro atoms. The second-order valence-corrected chi connectivity index (χ2v) is 11.4. The first kappa shape index (κ1) is 28.2. The molecule has 4 heterocycles. The van der Waals surface area contributed by atoms with Crippen LogP contribution in [0.2, 0.25) is 0 Å². The summed E-state index contributed by atoms with van der Waals surface area (Å²) in [6, 6.07) is -2.06. The molecule has 4 aliphatic heterocycles. The Labute approximate surface area is 222 Å². The fourth-order valence-corrected chi connectivity index (χ4v) is 7.30. The average molecular weight is 559 g/mol. The summed E-state index contributed by atoms with van der Waals surface area (Å²) in [5.74, 6) is -4.84. The molecule has 0 aliphatic carbocycles. The van der Waals surface area contributed by atoms with Gasteiger partial charge in [-0.25, -0.2) is 4.79 Å². The zero-order valence-electron chi connectivity index (χ0n) is 21.0. The van der Waals surface area contributed by atoms with Crippen LogP contribution in [-0.4, -0.2) is 107 Å². The molecule has 210 valence electrons. The van der Waals surface area contributed by atoms with E-state index < -0.39 is 48.3 Å². The molecule has 3 fully saturated rings. The second kappa shape index (κ2) is 11.1. The summed E-state index contributed by atoms with van der Waals surface area (Å²) in [5.41, 5.74) is 5.20. The first-order valence-corrected chi connectivity index (χ1v) is 13.4. The Kier molecular flexibility index (Phi) is 8.28. The molecule has 4 aliphatic rings. The van der Waals surface area contributed by atoms with Gasteiger partial charge in [-0.05, 0) is 19.8 Å². The number of β-lactam (4-membered cyclic amide) rings is 1. The van der Waals surface area contributed by atoms with E-state index in [9.17, 15) is 37.9 Å². The molecular formula is C23H32F2N6O6S. The number of hydrogen-bond donors (Lipinski definition) is 5. The van der Waals surface area contributed by atoms with Crippen molar-refractivity contribution in [3.05, 3.63) is 10.6 Å². The summed E-state index contributed by atoms with van der Waals surface area (Å²) in [6.07, 6.45) is -2.13. The standard InChI is InChI=1S/C23H32F2N6O6S/c1-9-16-15(10(2)28-20(33)19(24)25)22(35)31(16)17(23(36)37)18(9)38-12-5-13(27-7-12)21(34)30-4-3-11(8-30)29-14(32)6-26/h9-13,15-16,19,27H,3-8,26H2,1-2H3,(H,28,33)(H,29,32)(H,36,37)/t9-,10-,11-,12+,13+,15-,16-/m1/s1.